The molecule has 0 aromatic carbocycles. The van der Waals surface area contributed by atoms with E-state index in [2.05, 4.69) is 22.9 Å². The van der Waals surface area contributed by atoms with Gasteiger partial charge in [-0.2, -0.15) is 0 Å². The van der Waals surface area contributed by atoms with Crippen molar-refractivity contribution in [2.75, 3.05) is 32.3 Å². The Kier molecular flexibility index (Phi) is 9.80. The van der Waals surface area contributed by atoms with Gasteiger partial charge in [-0.25, -0.2) is 0 Å². The molecule has 1 unspecified atom stereocenters. The molecule has 0 aromatic heterocycles. The lowest BCUT2D eigenvalue weighted by atomic mass is 10.1. The molecule has 3 heteroatoms. The van der Waals surface area contributed by atoms with Crippen LogP contribution in [-0.4, -0.2) is 32.3 Å². The van der Waals surface area contributed by atoms with E-state index in [-0.39, 0.29) is 0 Å². The van der Waals surface area contributed by atoms with Crippen LogP contribution in [0.5, 0.6) is 0 Å². The molecule has 0 radical (unpaired) electrons. The maximum absolute atomic E-state index is 5.47. The Morgan fingerprint density at radius 1 is 1.33 bits per heavy atom. The van der Waals surface area contributed by atoms with Gasteiger partial charge in [-0.15, -0.1) is 0 Å². The molecule has 0 fully saturated rings. The van der Waals surface area contributed by atoms with Gasteiger partial charge in [0.25, 0.3) is 0 Å². The average Bonchev–Trinajstić information content (AvgIpc) is 2.11. The predicted octanol–water partition coefficient (Wildman–Crippen LogP) is 2.46. The van der Waals surface area contributed by atoms with Crippen LogP contribution < -0.4 is 0 Å². The summed E-state index contributed by atoms with van der Waals surface area (Å²) >= 11 is 3.45. The van der Waals surface area contributed by atoms with E-state index in [1.165, 1.54) is 6.42 Å². The summed E-state index contributed by atoms with van der Waals surface area (Å²) in [6.07, 6.45) is 2.17. The molecule has 74 valence electrons. The second-order valence-electron chi connectivity index (χ2n) is 2.85. The van der Waals surface area contributed by atoms with Crippen LogP contribution in [0.4, 0.5) is 0 Å². The zero-order chi connectivity index (χ0) is 9.23. The third-order valence-electron chi connectivity index (χ3n) is 1.79. The van der Waals surface area contributed by atoms with Crippen LogP contribution in [0.15, 0.2) is 0 Å². The number of rotatable bonds is 8. The fraction of sp³-hybridized carbons (Fsp3) is 1.00. The first-order valence-electron chi connectivity index (χ1n) is 4.47. The van der Waals surface area contributed by atoms with E-state index < -0.39 is 0 Å². The summed E-state index contributed by atoms with van der Waals surface area (Å²) in [5.41, 5.74) is 0. The van der Waals surface area contributed by atoms with Crippen LogP contribution in [-0.2, 0) is 9.47 Å². The van der Waals surface area contributed by atoms with Gasteiger partial charge >= 0.3 is 0 Å². The molecule has 0 bridgehead atoms. The first-order valence-corrected chi connectivity index (χ1v) is 5.59. The quantitative estimate of drug-likeness (QED) is 0.478. The summed E-state index contributed by atoms with van der Waals surface area (Å²) in [7, 11) is 1.72. The maximum Gasteiger partial charge on any atom is 0.0502 e. The van der Waals surface area contributed by atoms with Crippen molar-refractivity contribution in [3.8, 4) is 0 Å². The Morgan fingerprint density at radius 2 is 2.08 bits per heavy atom. The number of methoxy groups -OCH3 is 1. The van der Waals surface area contributed by atoms with Crippen molar-refractivity contribution in [2.45, 2.75) is 19.8 Å². The first kappa shape index (κ1) is 12.4. The van der Waals surface area contributed by atoms with E-state index in [4.69, 9.17) is 9.47 Å². The maximum atomic E-state index is 5.47. The molecule has 1 atom stereocenters. The molecule has 0 saturated heterocycles. The highest BCUT2D eigenvalue weighted by atomic mass is 79.9. The summed E-state index contributed by atoms with van der Waals surface area (Å²) < 4.78 is 10.4. The Labute approximate surface area is 83.8 Å². The summed E-state index contributed by atoms with van der Waals surface area (Å²) in [5, 5.41) is 1.04. The van der Waals surface area contributed by atoms with Crippen LogP contribution in [0.2, 0.25) is 0 Å². The van der Waals surface area contributed by atoms with E-state index in [0.29, 0.717) is 5.92 Å². The largest absolute Gasteiger partial charge is 0.385 e. The summed E-state index contributed by atoms with van der Waals surface area (Å²) in [4.78, 5) is 0. The number of hydrogen-bond donors (Lipinski definition) is 0. The summed E-state index contributed by atoms with van der Waals surface area (Å²) in [6, 6.07) is 0. The minimum absolute atomic E-state index is 0.660. The molecule has 0 aliphatic rings. The van der Waals surface area contributed by atoms with Gasteiger partial charge in [-0.1, -0.05) is 29.3 Å². The third kappa shape index (κ3) is 7.07. The molecule has 0 aliphatic carbocycles. The molecule has 12 heavy (non-hydrogen) atoms. The molecule has 2 nitrogen and oxygen atoms in total. The highest BCUT2D eigenvalue weighted by Gasteiger charge is 2.02. The molecule has 0 rings (SSSR count). The molecule has 0 spiro atoms. The van der Waals surface area contributed by atoms with Crippen molar-refractivity contribution >= 4 is 15.9 Å². The summed E-state index contributed by atoms with van der Waals surface area (Å²) in [5.74, 6) is 0.660. The van der Waals surface area contributed by atoms with Crippen molar-refractivity contribution in [1.29, 1.82) is 0 Å². The molecule has 0 N–H and O–H groups in total. The Balaban J connectivity index is 3.06. The van der Waals surface area contributed by atoms with Gasteiger partial charge in [-0.05, 0) is 12.3 Å². The van der Waals surface area contributed by atoms with Crippen molar-refractivity contribution in [3.63, 3.8) is 0 Å². The van der Waals surface area contributed by atoms with Crippen LogP contribution in [0.1, 0.15) is 19.8 Å². The normalized spacial score (nSPS) is 13.2. The van der Waals surface area contributed by atoms with Gasteiger partial charge in [0.1, 0.15) is 0 Å². The molecule has 0 saturated carbocycles. The van der Waals surface area contributed by atoms with E-state index in [1.807, 2.05) is 0 Å². The highest BCUT2D eigenvalue weighted by molar-refractivity contribution is 9.09. The van der Waals surface area contributed by atoms with Crippen molar-refractivity contribution in [1.82, 2.24) is 0 Å². The lowest BCUT2D eigenvalue weighted by Crippen LogP contribution is -2.11. The smallest absolute Gasteiger partial charge is 0.0502 e. The summed E-state index contributed by atoms with van der Waals surface area (Å²) in [6.45, 7) is 4.67. The van der Waals surface area contributed by atoms with Crippen molar-refractivity contribution < 1.29 is 9.47 Å². The lowest BCUT2D eigenvalue weighted by molar-refractivity contribution is 0.0829. The van der Waals surface area contributed by atoms with Crippen molar-refractivity contribution in [3.05, 3.63) is 0 Å². The van der Waals surface area contributed by atoms with Gasteiger partial charge in [-0.3, -0.25) is 0 Å². The molecule has 0 aliphatic heterocycles. The SMILES string of the molecule is CCC(CBr)COCCCOC. The number of halogens is 1. The number of ether oxygens (including phenoxy) is 2. The van der Waals surface area contributed by atoms with Gasteiger partial charge in [0.05, 0.1) is 6.61 Å². The van der Waals surface area contributed by atoms with E-state index in [0.717, 1.165) is 31.6 Å². The Hall–Kier alpha value is 0.400. The van der Waals surface area contributed by atoms with E-state index >= 15 is 0 Å². The van der Waals surface area contributed by atoms with Crippen LogP contribution >= 0.6 is 15.9 Å². The fourth-order valence-electron chi connectivity index (χ4n) is 0.827. The van der Waals surface area contributed by atoms with E-state index in [1.54, 1.807) is 7.11 Å². The zero-order valence-corrected chi connectivity index (χ0v) is 9.60. The van der Waals surface area contributed by atoms with Crippen LogP contribution in [0.25, 0.3) is 0 Å². The molecule has 0 amide bonds. The van der Waals surface area contributed by atoms with E-state index in [9.17, 15) is 0 Å². The van der Waals surface area contributed by atoms with Crippen molar-refractivity contribution in [2.24, 2.45) is 5.92 Å². The predicted molar refractivity (Wildman–Crippen MR) is 54.9 cm³/mol. The average molecular weight is 239 g/mol. The van der Waals surface area contributed by atoms with Gasteiger partial charge in [0.15, 0.2) is 0 Å². The molecular weight excluding hydrogens is 220 g/mol. The minimum Gasteiger partial charge on any atom is -0.385 e. The highest BCUT2D eigenvalue weighted by Crippen LogP contribution is 2.06. The number of alkyl halides is 1. The standard InChI is InChI=1S/C9H19BrO2/c1-3-9(7-10)8-12-6-4-5-11-2/h9H,3-8H2,1-2H3. The first-order chi connectivity index (χ1) is 5.85. The second-order valence-corrected chi connectivity index (χ2v) is 3.50. The Bertz CT molecular complexity index is 84.6. The topological polar surface area (TPSA) is 18.5 Å². The molecule has 0 aromatic rings. The van der Waals surface area contributed by atoms with Gasteiger partial charge in [0, 0.05) is 25.7 Å². The fourth-order valence-corrected chi connectivity index (χ4v) is 1.47. The van der Waals surface area contributed by atoms with Gasteiger partial charge in [0.2, 0.25) is 0 Å². The molecule has 0 heterocycles. The molecular formula is C9H19BrO2. The number of hydrogen-bond acceptors (Lipinski definition) is 2. The minimum atomic E-state index is 0.660. The van der Waals surface area contributed by atoms with Crippen LogP contribution in [0.3, 0.4) is 0 Å². The van der Waals surface area contributed by atoms with Gasteiger partial charge < -0.3 is 9.47 Å². The lowest BCUT2D eigenvalue weighted by Gasteiger charge is -2.11. The Morgan fingerprint density at radius 3 is 2.58 bits per heavy atom. The second kappa shape index (κ2) is 9.49. The zero-order valence-electron chi connectivity index (χ0n) is 8.01. The van der Waals surface area contributed by atoms with Crippen LogP contribution in [0, 0.1) is 5.92 Å². The third-order valence-corrected chi connectivity index (χ3v) is 2.70. The monoisotopic (exact) mass is 238 g/mol.